The van der Waals surface area contributed by atoms with E-state index >= 15 is 0 Å². The van der Waals surface area contributed by atoms with Gasteiger partial charge in [-0.05, 0) is 11.6 Å². The number of amides is 2. The van der Waals surface area contributed by atoms with Crippen molar-refractivity contribution in [3.05, 3.63) is 11.5 Å². The van der Waals surface area contributed by atoms with Crippen molar-refractivity contribution < 1.29 is 9.59 Å². The Morgan fingerprint density at radius 2 is 1.88 bits per heavy atom. The first-order chi connectivity index (χ1) is 7.49. The second-order valence-electron chi connectivity index (χ2n) is 2.87. The van der Waals surface area contributed by atoms with Crippen molar-refractivity contribution in [2.24, 2.45) is 11.5 Å². The summed E-state index contributed by atoms with van der Waals surface area (Å²) in [6, 6.07) is 0. The first-order valence-corrected chi connectivity index (χ1v) is 4.53. The van der Waals surface area contributed by atoms with Crippen LogP contribution in [0.2, 0.25) is 5.28 Å². The van der Waals surface area contributed by atoms with E-state index in [0.717, 1.165) is 0 Å². The average Bonchev–Trinajstić information content (AvgIpc) is 2.15. The first kappa shape index (κ1) is 12.1. The maximum Gasteiger partial charge on any atom is 0.244 e. The van der Waals surface area contributed by atoms with Gasteiger partial charge in [0.15, 0.2) is 5.82 Å². The molecule has 0 bridgehead atoms. The molecule has 0 aliphatic carbocycles. The van der Waals surface area contributed by atoms with E-state index in [-0.39, 0.29) is 24.2 Å². The van der Waals surface area contributed by atoms with E-state index in [0.29, 0.717) is 0 Å². The second kappa shape index (κ2) is 5.21. The molecule has 1 aromatic heterocycles. The van der Waals surface area contributed by atoms with Crippen LogP contribution in [-0.2, 0) is 9.59 Å². The van der Waals surface area contributed by atoms with Gasteiger partial charge in [0.05, 0.1) is 19.3 Å². The maximum atomic E-state index is 10.8. The summed E-state index contributed by atoms with van der Waals surface area (Å²) < 4.78 is 0. The Morgan fingerprint density at radius 1 is 1.31 bits per heavy atom. The average molecular weight is 245 g/mol. The summed E-state index contributed by atoms with van der Waals surface area (Å²) in [5.41, 5.74) is 10.0. The molecule has 0 saturated heterocycles. The van der Waals surface area contributed by atoms with Crippen molar-refractivity contribution in [3.8, 4) is 0 Å². The molecular weight excluding hydrogens is 236 g/mol. The van der Waals surface area contributed by atoms with Gasteiger partial charge < -0.3 is 16.4 Å². The van der Waals surface area contributed by atoms with Crippen LogP contribution in [0.4, 0.5) is 5.82 Å². The molecule has 1 aromatic rings. The van der Waals surface area contributed by atoms with E-state index < -0.39 is 11.8 Å². The quantitative estimate of drug-likeness (QED) is 0.635. The van der Waals surface area contributed by atoms with Gasteiger partial charge in [-0.15, -0.1) is 5.10 Å². The molecule has 4 N–H and O–H groups in total. The van der Waals surface area contributed by atoms with E-state index in [4.69, 9.17) is 23.1 Å². The molecule has 8 nitrogen and oxygen atoms in total. The first-order valence-electron chi connectivity index (χ1n) is 4.16. The Morgan fingerprint density at radius 3 is 2.31 bits per heavy atom. The summed E-state index contributed by atoms with van der Waals surface area (Å²) in [7, 11) is 0. The minimum Gasteiger partial charge on any atom is -0.368 e. The van der Waals surface area contributed by atoms with Crippen molar-refractivity contribution in [3.63, 3.8) is 0 Å². The van der Waals surface area contributed by atoms with Gasteiger partial charge in [-0.1, -0.05) is 0 Å². The highest BCUT2D eigenvalue weighted by molar-refractivity contribution is 6.28. The molecule has 86 valence electrons. The molecule has 0 fully saturated rings. The minimum atomic E-state index is -0.629. The lowest BCUT2D eigenvalue weighted by Crippen LogP contribution is -2.40. The van der Waals surface area contributed by atoms with Gasteiger partial charge in [0.2, 0.25) is 17.1 Å². The summed E-state index contributed by atoms with van der Waals surface area (Å²) in [4.78, 5) is 26.6. The van der Waals surface area contributed by atoms with Crippen molar-refractivity contribution in [1.82, 2.24) is 15.2 Å². The van der Waals surface area contributed by atoms with Gasteiger partial charge in [0, 0.05) is 0 Å². The minimum absolute atomic E-state index is 0.101. The van der Waals surface area contributed by atoms with Gasteiger partial charge >= 0.3 is 0 Å². The molecule has 0 aliphatic heterocycles. The van der Waals surface area contributed by atoms with Crippen LogP contribution in [0.1, 0.15) is 0 Å². The molecule has 0 atom stereocenters. The highest BCUT2D eigenvalue weighted by Gasteiger charge is 2.14. The number of anilines is 1. The van der Waals surface area contributed by atoms with Crippen LogP contribution >= 0.6 is 11.6 Å². The standard InChI is InChI=1S/C7H9ClN6O2/c8-7-12-6(1-11-13-7)14(2-4(9)15)3-5(10)16/h1H,2-3H2,(H2,9,15)(H2,10,16). The van der Waals surface area contributed by atoms with Gasteiger partial charge in [-0.25, -0.2) is 0 Å². The van der Waals surface area contributed by atoms with Gasteiger partial charge in [-0.3, -0.25) is 9.59 Å². The number of carbonyl (C=O) groups excluding carboxylic acids is 2. The van der Waals surface area contributed by atoms with Crippen LogP contribution in [-0.4, -0.2) is 40.1 Å². The SMILES string of the molecule is NC(=O)CN(CC(N)=O)c1cnnc(Cl)n1. The summed E-state index contributed by atoms with van der Waals surface area (Å²) in [5, 5.41) is 6.85. The smallest absolute Gasteiger partial charge is 0.244 e. The number of primary amides is 2. The fourth-order valence-electron chi connectivity index (χ4n) is 1.02. The Hall–Kier alpha value is -1.96. The lowest BCUT2D eigenvalue weighted by atomic mass is 10.4. The van der Waals surface area contributed by atoms with Crippen LogP contribution in [0, 0.1) is 0 Å². The highest BCUT2D eigenvalue weighted by Crippen LogP contribution is 2.09. The van der Waals surface area contributed by atoms with Crippen LogP contribution in [0.25, 0.3) is 0 Å². The van der Waals surface area contributed by atoms with Crippen molar-refractivity contribution in [1.29, 1.82) is 0 Å². The predicted octanol–water partition coefficient (Wildman–Crippen LogP) is -1.70. The molecule has 2 amide bonds. The summed E-state index contributed by atoms with van der Waals surface area (Å²) in [6.07, 6.45) is 1.25. The number of nitrogens with two attached hydrogens (primary N) is 2. The number of aromatic nitrogens is 3. The molecule has 1 rings (SSSR count). The Bertz CT molecular complexity index is 396. The Labute approximate surface area is 95.6 Å². The number of carbonyl (C=O) groups is 2. The van der Waals surface area contributed by atoms with Gasteiger partial charge in [0.25, 0.3) is 0 Å². The zero-order chi connectivity index (χ0) is 12.1. The highest BCUT2D eigenvalue weighted by atomic mass is 35.5. The molecule has 0 aromatic carbocycles. The molecule has 9 heteroatoms. The van der Waals surface area contributed by atoms with Crippen molar-refractivity contribution in [2.45, 2.75) is 0 Å². The van der Waals surface area contributed by atoms with E-state index in [2.05, 4.69) is 15.2 Å². The zero-order valence-electron chi connectivity index (χ0n) is 8.13. The summed E-state index contributed by atoms with van der Waals surface area (Å²) >= 11 is 5.52. The molecule has 0 saturated carbocycles. The van der Waals surface area contributed by atoms with E-state index in [1.54, 1.807) is 0 Å². The molecule has 1 heterocycles. The third-order valence-electron chi connectivity index (χ3n) is 1.54. The van der Waals surface area contributed by atoms with E-state index in [9.17, 15) is 9.59 Å². The Kier molecular flexibility index (Phi) is 3.95. The van der Waals surface area contributed by atoms with E-state index in [1.807, 2.05) is 0 Å². The van der Waals surface area contributed by atoms with Crippen LogP contribution < -0.4 is 16.4 Å². The van der Waals surface area contributed by atoms with Crippen LogP contribution in [0.15, 0.2) is 6.20 Å². The van der Waals surface area contributed by atoms with Gasteiger partial charge in [-0.2, -0.15) is 10.1 Å². The topological polar surface area (TPSA) is 128 Å². The molecule has 0 aliphatic rings. The lowest BCUT2D eigenvalue weighted by Gasteiger charge is -2.19. The predicted molar refractivity (Wildman–Crippen MR) is 55.4 cm³/mol. The third-order valence-corrected chi connectivity index (χ3v) is 1.70. The fraction of sp³-hybridized carbons (Fsp3) is 0.286. The lowest BCUT2D eigenvalue weighted by molar-refractivity contribution is -0.117. The van der Waals surface area contributed by atoms with Crippen molar-refractivity contribution in [2.75, 3.05) is 18.0 Å². The number of nitrogens with zero attached hydrogens (tertiary/aromatic N) is 4. The summed E-state index contributed by atoms with van der Waals surface area (Å²) in [5.74, 6) is -1.05. The van der Waals surface area contributed by atoms with Gasteiger partial charge in [0.1, 0.15) is 0 Å². The monoisotopic (exact) mass is 244 g/mol. The number of halogens is 1. The zero-order valence-corrected chi connectivity index (χ0v) is 8.89. The molecule has 0 radical (unpaired) electrons. The maximum absolute atomic E-state index is 10.8. The molecule has 16 heavy (non-hydrogen) atoms. The van der Waals surface area contributed by atoms with E-state index in [1.165, 1.54) is 11.1 Å². The van der Waals surface area contributed by atoms with Crippen LogP contribution in [0.3, 0.4) is 0 Å². The molecule has 0 unspecified atom stereocenters. The number of hydrogen-bond donors (Lipinski definition) is 2. The largest absolute Gasteiger partial charge is 0.368 e. The number of rotatable bonds is 5. The van der Waals surface area contributed by atoms with Crippen LogP contribution in [0.5, 0.6) is 0 Å². The number of hydrogen-bond acceptors (Lipinski definition) is 6. The summed E-state index contributed by atoms with van der Waals surface area (Å²) in [6.45, 7) is -0.421. The third kappa shape index (κ3) is 3.65. The Balaban J connectivity index is 2.90. The molecular formula is C7H9ClN6O2. The molecule has 0 spiro atoms. The fourth-order valence-corrected chi connectivity index (χ4v) is 1.15. The second-order valence-corrected chi connectivity index (χ2v) is 3.21. The normalized spacial score (nSPS) is 9.81. The van der Waals surface area contributed by atoms with Crippen molar-refractivity contribution >= 4 is 29.2 Å².